The molecule has 444 valence electrons. The Morgan fingerprint density at radius 3 is 1.29 bits per heavy atom. The predicted molar refractivity (Wildman–Crippen MR) is 334 cm³/mol. The molecule has 4 N–H and O–H groups in total. The third-order valence-electron chi connectivity index (χ3n) is 11.6. The van der Waals surface area contributed by atoms with Crippen molar-refractivity contribution in [3.8, 4) is 0 Å². The van der Waals surface area contributed by atoms with E-state index in [4.69, 9.17) is 4.74 Å². The minimum absolute atomic E-state index is 0.0423. The molecule has 1 aliphatic carbocycles. The van der Waals surface area contributed by atoms with Crippen LogP contribution < -0.4 is 21.3 Å². The Kier molecular flexibility index (Phi) is 46.4. The minimum Gasteiger partial charge on any atom is -0.459 e. The maximum Gasteiger partial charge on any atom is 0.342 e. The van der Waals surface area contributed by atoms with Gasteiger partial charge in [-0.3, -0.25) is 24.0 Å². The molecule has 1 aromatic rings. The van der Waals surface area contributed by atoms with Gasteiger partial charge in [0.1, 0.15) is 6.10 Å². The summed E-state index contributed by atoms with van der Waals surface area (Å²) in [6.07, 6.45) is 6.89. The summed E-state index contributed by atoms with van der Waals surface area (Å²) in [7, 11) is 1.81. The van der Waals surface area contributed by atoms with Crippen LogP contribution in [0.1, 0.15) is 155 Å². The first-order chi connectivity index (χ1) is 37.5. The molecule has 1 atom stereocenters. The lowest BCUT2D eigenvalue weighted by Gasteiger charge is -2.25. The minimum atomic E-state index is -0.241. The van der Waals surface area contributed by atoms with E-state index in [1.165, 1.54) is 6.42 Å². The van der Waals surface area contributed by atoms with Gasteiger partial charge in [0.05, 0.1) is 33.4 Å². The third-order valence-corrected chi connectivity index (χ3v) is 11.6. The summed E-state index contributed by atoms with van der Waals surface area (Å²) in [5.74, 6) is 1.01. The number of benzene rings is 1. The van der Waals surface area contributed by atoms with Crippen molar-refractivity contribution in [1.82, 2.24) is 26.2 Å². The zero-order valence-corrected chi connectivity index (χ0v) is 52.8. The molecule has 0 heterocycles. The number of likely N-dealkylation sites (N-methyl/N-ethyl adjacent to an activating group) is 1. The highest BCUT2D eigenvalue weighted by Crippen LogP contribution is 2.24. The number of amides is 5. The van der Waals surface area contributed by atoms with Gasteiger partial charge < -0.3 is 30.9 Å². The second kappa shape index (κ2) is 46.8. The molecule has 0 aliphatic heterocycles. The Hall–Kier alpha value is -7.10. The molecule has 0 spiro atoms. The Bertz CT molecular complexity index is 2350. The smallest absolute Gasteiger partial charge is 0.342 e. The maximum atomic E-state index is 11.7. The Balaban J connectivity index is -0.000000434. The van der Waals surface area contributed by atoms with Crippen LogP contribution in [0.15, 0.2) is 150 Å². The molecule has 0 aromatic heterocycles. The molecule has 1 aromatic carbocycles. The number of ether oxygens (including phenoxy) is 1. The van der Waals surface area contributed by atoms with Gasteiger partial charge in [-0.25, -0.2) is 4.79 Å². The Morgan fingerprint density at radius 2 is 0.963 bits per heavy atom. The van der Waals surface area contributed by atoms with Gasteiger partial charge in [-0.2, -0.15) is 0 Å². The molecule has 0 bridgehead atoms. The summed E-state index contributed by atoms with van der Waals surface area (Å²) in [6.45, 7) is 60.7. The van der Waals surface area contributed by atoms with E-state index in [-0.39, 0.29) is 83.2 Å². The van der Waals surface area contributed by atoms with E-state index in [1.54, 1.807) is 11.0 Å². The highest BCUT2D eigenvalue weighted by atomic mass is 16.5. The first-order valence-corrected chi connectivity index (χ1v) is 28.1. The lowest BCUT2D eigenvalue weighted by molar-refractivity contribution is -0.148. The van der Waals surface area contributed by atoms with Crippen molar-refractivity contribution in [2.75, 3.05) is 26.7 Å². The SMILES string of the molecule is C=C=C(C(=O)N(C)CCC)C(C)C.C=C=C(C(=O)NC(C)CC)C(C)C.C=C=C(C(=O)NCC(C)C)C(C)C.C=C=C(C(=O)NCC=C)C(C)C.C=C=C(C(=O)NCc1ccccc1)C(C)C.C=C=C(C(=O)OC1CCC1)C(C)C. The predicted octanol–water partition coefficient (Wildman–Crippen LogP) is 13.4. The van der Waals surface area contributed by atoms with Gasteiger partial charge in [0.2, 0.25) is 0 Å². The number of hydrogen-bond donors (Lipinski definition) is 4. The lowest BCUT2D eigenvalue weighted by atomic mass is 9.96. The van der Waals surface area contributed by atoms with Gasteiger partial charge in [0.15, 0.2) is 0 Å². The number of esters is 1. The van der Waals surface area contributed by atoms with Crippen LogP contribution in [0, 0.1) is 41.4 Å². The maximum absolute atomic E-state index is 11.7. The first kappa shape index (κ1) is 79.4. The van der Waals surface area contributed by atoms with Gasteiger partial charge in [-0.1, -0.05) is 187 Å². The highest BCUT2D eigenvalue weighted by Gasteiger charge is 2.24. The number of carbonyl (C=O) groups excluding carboxylic acids is 6. The average molecular weight is 1100 g/mol. The van der Waals surface area contributed by atoms with E-state index < -0.39 is 0 Å². The van der Waals surface area contributed by atoms with Crippen molar-refractivity contribution >= 4 is 35.5 Å². The largest absolute Gasteiger partial charge is 0.459 e. The standard InChI is InChI=1S/C14H17NO.3C11H19NO.C11H16O2.C10H15NO/c1-4-13(11(2)3)14(16)15-10-12-8-6-5-7-9-12;1-6-10(9(4)5)11(13)12-7-8(2)3;1-6-8-12(5)11(13)10(7-2)9(3)4;1-6-9(5)12-11(13)10(7-2)8(3)4;1-4-10(8(2)3)11(12)13-9-6-5-7-9;1-5-7-11-10(12)9(6-2)8(3)4/h5-9,11H,1,10H2,2-3H3,(H,15,16);8-9H,1,7H2,2-5H3,(H,12,13);9H,2,6,8H2,1,3-5H3;8-9H,2,6H2,1,3-5H3,(H,12,13);8-9H,1,5-7H2,2-3H3;5,8H,1-2,7H2,3-4H3,(H,11,12). The molecule has 2 rings (SSSR count). The zero-order chi connectivity index (χ0) is 62.7. The molecule has 1 fully saturated rings. The van der Waals surface area contributed by atoms with Crippen molar-refractivity contribution in [3.05, 3.63) is 156 Å². The molecule has 1 saturated carbocycles. The molecule has 80 heavy (non-hydrogen) atoms. The Morgan fingerprint density at radius 1 is 0.575 bits per heavy atom. The first-order valence-electron chi connectivity index (χ1n) is 28.1. The van der Waals surface area contributed by atoms with Crippen LogP contribution in [0.4, 0.5) is 0 Å². The van der Waals surface area contributed by atoms with Crippen LogP contribution in [-0.4, -0.2) is 79.2 Å². The van der Waals surface area contributed by atoms with Gasteiger partial charge in [0.25, 0.3) is 29.5 Å². The average Bonchev–Trinajstić information content (AvgIpc) is 3.37. The van der Waals surface area contributed by atoms with E-state index in [0.29, 0.717) is 59.0 Å². The fourth-order valence-electron chi connectivity index (χ4n) is 6.50. The van der Waals surface area contributed by atoms with Crippen LogP contribution in [0.5, 0.6) is 0 Å². The summed E-state index contributed by atoms with van der Waals surface area (Å²) in [4.78, 5) is 70.9. The van der Waals surface area contributed by atoms with Crippen molar-refractivity contribution in [1.29, 1.82) is 0 Å². The van der Waals surface area contributed by atoms with Gasteiger partial charge in [-0.15, -0.1) is 41.0 Å². The van der Waals surface area contributed by atoms with E-state index >= 15 is 0 Å². The van der Waals surface area contributed by atoms with E-state index in [1.807, 2.05) is 134 Å². The van der Waals surface area contributed by atoms with Gasteiger partial charge in [-0.05, 0) is 86.0 Å². The molecular formula is C68H105N5O7. The highest BCUT2D eigenvalue weighted by molar-refractivity contribution is 5.95. The van der Waals surface area contributed by atoms with Crippen molar-refractivity contribution in [2.45, 2.75) is 168 Å². The second-order valence-corrected chi connectivity index (χ2v) is 21.2. The number of nitrogens with zero attached hydrogens (tertiary/aromatic N) is 1. The molecule has 1 aliphatic rings. The van der Waals surface area contributed by atoms with Crippen molar-refractivity contribution in [2.24, 2.45) is 41.4 Å². The van der Waals surface area contributed by atoms with Crippen molar-refractivity contribution < 1.29 is 33.5 Å². The fraction of sp³-hybridized carbons (Fsp3) is 0.529. The van der Waals surface area contributed by atoms with Crippen molar-refractivity contribution in [3.63, 3.8) is 0 Å². The van der Waals surface area contributed by atoms with Crippen LogP contribution >= 0.6 is 0 Å². The quantitative estimate of drug-likeness (QED) is 0.0367. The monoisotopic (exact) mass is 1100 g/mol. The topological polar surface area (TPSA) is 163 Å². The molecular weight excluding hydrogens is 999 g/mol. The summed E-state index contributed by atoms with van der Waals surface area (Å²) < 4.78 is 5.22. The number of rotatable bonds is 23. The third kappa shape index (κ3) is 36.1. The number of carbonyl (C=O) groups is 6. The van der Waals surface area contributed by atoms with Gasteiger partial charge >= 0.3 is 5.97 Å². The molecule has 0 radical (unpaired) electrons. The van der Waals surface area contributed by atoms with E-state index in [2.05, 4.69) is 122 Å². The molecule has 12 nitrogen and oxygen atoms in total. The normalized spacial score (nSPS) is 11.1. The number of nitrogens with one attached hydrogen (secondary N) is 4. The Labute approximate surface area is 485 Å². The summed E-state index contributed by atoms with van der Waals surface area (Å²) in [6, 6.07) is 10.0. The van der Waals surface area contributed by atoms with Crippen LogP contribution in [0.3, 0.4) is 0 Å². The van der Waals surface area contributed by atoms with Crippen LogP contribution in [-0.2, 0) is 40.0 Å². The van der Waals surface area contributed by atoms with Gasteiger partial charge in [0, 0.05) is 39.3 Å². The van der Waals surface area contributed by atoms with E-state index in [9.17, 15) is 28.8 Å². The summed E-state index contributed by atoms with van der Waals surface area (Å²) in [5, 5.41) is 11.2. The van der Waals surface area contributed by atoms with Crippen LogP contribution in [0.2, 0.25) is 0 Å². The summed E-state index contributed by atoms with van der Waals surface area (Å²) in [5.41, 5.74) is 20.9. The van der Waals surface area contributed by atoms with E-state index in [0.717, 1.165) is 37.8 Å². The molecule has 12 heteroatoms. The zero-order valence-electron chi connectivity index (χ0n) is 52.8. The summed E-state index contributed by atoms with van der Waals surface area (Å²) >= 11 is 0. The molecule has 1 unspecified atom stereocenters. The number of hydrogen-bond acceptors (Lipinski definition) is 7. The molecule has 0 saturated heterocycles. The van der Waals surface area contributed by atoms with Crippen LogP contribution in [0.25, 0.3) is 0 Å². The molecule has 5 amide bonds. The second-order valence-electron chi connectivity index (χ2n) is 21.2. The fourth-order valence-corrected chi connectivity index (χ4v) is 6.50. The lowest BCUT2D eigenvalue weighted by Crippen LogP contribution is -2.34.